The maximum absolute atomic E-state index is 13.8. The number of amides is 1. The first-order chi connectivity index (χ1) is 15.3. The number of thiazole rings is 1. The molecular formula is C23H30ClN5O2S. The van der Waals surface area contributed by atoms with Crippen LogP contribution in [0, 0.1) is 13.8 Å². The van der Waals surface area contributed by atoms with Gasteiger partial charge < -0.3 is 4.74 Å². The molecule has 2 aromatic heterocycles. The molecule has 0 atom stereocenters. The summed E-state index contributed by atoms with van der Waals surface area (Å²) in [7, 11) is 0. The number of carbonyl (C=O) groups is 1. The Kier molecular flexibility index (Phi) is 7.14. The van der Waals surface area contributed by atoms with Crippen molar-refractivity contribution < 1.29 is 9.53 Å². The SMILES string of the molecule is Cc1cc(C(=O)N(CCCN2CCOCC2)c2nc3c(C)ccc(Cl)c3s2)n(C(C)C)n1. The molecule has 9 heteroatoms. The van der Waals surface area contributed by atoms with Crippen molar-refractivity contribution in [2.24, 2.45) is 0 Å². The van der Waals surface area contributed by atoms with Gasteiger partial charge in [0.15, 0.2) is 5.13 Å². The van der Waals surface area contributed by atoms with E-state index in [0.717, 1.165) is 60.7 Å². The fourth-order valence-corrected chi connectivity index (χ4v) is 5.32. The highest BCUT2D eigenvalue weighted by Gasteiger charge is 2.26. The Morgan fingerprint density at radius 2 is 2.03 bits per heavy atom. The molecule has 0 N–H and O–H groups in total. The standard InChI is InChI=1S/C23H30ClN5O2S/c1-15(2)29-19(14-17(4)26-29)22(30)28(9-5-8-27-10-12-31-13-11-27)23-25-20-16(3)6-7-18(24)21(20)32-23/h6-7,14-15H,5,8-13H2,1-4H3. The van der Waals surface area contributed by atoms with Crippen LogP contribution >= 0.6 is 22.9 Å². The van der Waals surface area contributed by atoms with Crippen LogP contribution < -0.4 is 4.90 Å². The van der Waals surface area contributed by atoms with Gasteiger partial charge in [0.2, 0.25) is 0 Å². The van der Waals surface area contributed by atoms with Crippen LogP contribution in [-0.4, -0.2) is 65.0 Å². The van der Waals surface area contributed by atoms with E-state index in [1.54, 1.807) is 9.58 Å². The van der Waals surface area contributed by atoms with Gasteiger partial charge >= 0.3 is 0 Å². The van der Waals surface area contributed by atoms with Gasteiger partial charge in [-0.15, -0.1) is 0 Å². The summed E-state index contributed by atoms with van der Waals surface area (Å²) in [5.74, 6) is -0.0749. The number of fused-ring (bicyclic) bond motifs is 1. The first-order valence-electron chi connectivity index (χ1n) is 11.1. The van der Waals surface area contributed by atoms with Crippen molar-refractivity contribution in [1.82, 2.24) is 19.7 Å². The van der Waals surface area contributed by atoms with Crippen molar-refractivity contribution >= 4 is 44.2 Å². The Morgan fingerprint density at radius 1 is 1.28 bits per heavy atom. The molecule has 0 radical (unpaired) electrons. The van der Waals surface area contributed by atoms with E-state index in [-0.39, 0.29) is 11.9 Å². The zero-order valence-corrected chi connectivity index (χ0v) is 20.7. The molecule has 3 aromatic rings. The quantitative estimate of drug-likeness (QED) is 0.495. The third-order valence-electron chi connectivity index (χ3n) is 5.69. The van der Waals surface area contributed by atoms with Gasteiger partial charge in [0, 0.05) is 32.2 Å². The summed E-state index contributed by atoms with van der Waals surface area (Å²) in [5, 5.41) is 5.88. The monoisotopic (exact) mass is 475 g/mol. The fourth-order valence-electron chi connectivity index (χ4n) is 3.98. The highest BCUT2D eigenvalue weighted by Crippen LogP contribution is 2.36. The van der Waals surface area contributed by atoms with Crippen molar-refractivity contribution in [2.75, 3.05) is 44.3 Å². The number of halogens is 1. The Hall–Kier alpha value is -2.00. The average Bonchev–Trinajstić information content (AvgIpc) is 3.39. The van der Waals surface area contributed by atoms with E-state index in [1.807, 2.05) is 45.9 Å². The fraction of sp³-hybridized carbons (Fsp3) is 0.522. The lowest BCUT2D eigenvalue weighted by Crippen LogP contribution is -2.39. The van der Waals surface area contributed by atoms with Crippen LogP contribution in [0.4, 0.5) is 5.13 Å². The minimum Gasteiger partial charge on any atom is -0.379 e. The Morgan fingerprint density at radius 3 is 2.72 bits per heavy atom. The molecule has 7 nitrogen and oxygen atoms in total. The van der Waals surface area contributed by atoms with Crippen LogP contribution in [-0.2, 0) is 4.74 Å². The van der Waals surface area contributed by atoms with Gasteiger partial charge in [-0.3, -0.25) is 19.3 Å². The topological polar surface area (TPSA) is 63.5 Å². The van der Waals surface area contributed by atoms with Gasteiger partial charge in [0.05, 0.1) is 34.1 Å². The number of morpholine rings is 1. The molecule has 1 aliphatic rings. The Labute approximate surface area is 197 Å². The molecule has 1 fully saturated rings. The molecule has 0 spiro atoms. The summed E-state index contributed by atoms with van der Waals surface area (Å²) in [5.41, 5.74) is 3.33. The molecule has 1 amide bonds. The lowest BCUT2D eigenvalue weighted by atomic mass is 10.2. The Balaban J connectivity index is 1.66. The van der Waals surface area contributed by atoms with Crippen LogP contribution in [0.5, 0.6) is 0 Å². The molecule has 0 bridgehead atoms. The van der Waals surface area contributed by atoms with Gasteiger partial charge in [-0.05, 0) is 51.8 Å². The number of aromatic nitrogens is 3. The predicted molar refractivity (Wildman–Crippen MR) is 130 cm³/mol. The maximum Gasteiger partial charge on any atom is 0.278 e. The molecule has 1 aliphatic heterocycles. The number of carbonyl (C=O) groups excluding carboxylic acids is 1. The lowest BCUT2D eigenvalue weighted by molar-refractivity contribution is 0.0376. The van der Waals surface area contributed by atoms with Gasteiger partial charge in [-0.25, -0.2) is 4.98 Å². The smallest absolute Gasteiger partial charge is 0.278 e. The molecule has 0 aliphatic carbocycles. The molecule has 1 saturated heterocycles. The lowest BCUT2D eigenvalue weighted by Gasteiger charge is -2.28. The van der Waals surface area contributed by atoms with E-state index in [0.29, 0.717) is 22.4 Å². The number of anilines is 1. The van der Waals surface area contributed by atoms with Crippen molar-refractivity contribution in [3.05, 3.63) is 40.2 Å². The van der Waals surface area contributed by atoms with Gasteiger partial charge in [-0.1, -0.05) is 29.0 Å². The van der Waals surface area contributed by atoms with Crippen molar-refractivity contribution in [1.29, 1.82) is 0 Å². The molecule has 0 unspecified atom stereocenters. The van der Waals surface area contributed by atoms with Crippen LogP contribution in [0.15, 0.2) is 18.2 Å². The van der Waals surface area contributed by atoms with Gasteiger partial charge in [-0.2, -0.15) is 5.10 Å². The average molecular weight is 476 g/mol. The van der Waals surface area contributed by atoms with E-state index in [9.17, 15) is 4.79 Å². The highest BCUT2D eigenvalue weighted by molar-refractivity contribution is 7.23. The second kappa shape index (κ2) is 9.87. The number of ether oxygens (including phenoxy) is 1. The summed E-state index contributed by atoms with van der Waals surface area (Å²) < 4.78 is 8.17. The molecule has 3 heterocycles. The van der Waals surface area contributed by atoms with E-state index in [4.69, 9.17) is 21.3 Å². The third-order valence-corrected chi connectivity index (χ3v) is 7.23. The largest absolute Gasteiger partial charge is 0.379 e. The summed E-state index contributed by atoms with van der Waals surface area (Å²) in [6.07, 6.45) is 0.850. The maximum atomic E-state index is 13.8. The summed E-state index contributed by atoms with van der Waals surface area (Å²) in [6.45, 7) is 12.9. The van der Waals surface area contributed by atoms with Crippen LogP contribution in [0.25, 0.3) is 10.2 Å². The molecule has 1 aromatic carbocycles. The zero-order valence-electron chi connectivity index (χ0n) is 19.1. The summed E-state index contributed by atoms with van der Waals surface area (Å²) in [6, 6.07) is 5.81. The van der Waals surface area contributed by atoms with Crippen molar-refractivity contribution in [2.45, 2.75) is 40.2 Å². The van der Waals surface area contributed by atoms with Crippen LogP contribution in [0.1, 0.15) is 48.1 Å². The molecule has 32 heavy (non-hydrogen) atoms. The second-order valence-corrected chi connectivity index (χ2v) is 9.90. The van der Waals surface area contributed by atoms with E-state index in [1.165, 1.54) is 11.3 Å². The van der Waals surface area contributed by atoms with Gasteiger partial charge in [0.1, 0.15) is 5.69 Å². The first-order valence-corrected chi connectivity index (χ1v) is 12.3. The number of aryl methyl sites for hydroxylation is 2. The minimum atomic E-state index is -0.0749. The number of hydrogen-bond donors (Lipinski definition) is 0. The molecular weight excluding hydrogens is 446 g/mol. The van der Waals surface area contributed by atoms with Crippen molar-refractivity contribution in [3.8, 4) is 0 Å². The normalized spacial score (nSPS) is 15.1. The zero-order chi connectivity index (χ0) is 22.8. The third kappa shape index (κ3) is 4.83. The van der Waals surface area contributed by atoms with E-state index in [2.05, 4.69) is 10.00 Å². The summed E-state index contributed by atoms with van der Waals surface area (Å²) >= 11 is 7.93. The van der Waals surface area contributed by atoms with E-state index >= 15 is 0 Å². The van der Waals surface area contributed by atoms with Gasteiger partial charge in [0.25, 0.3) is 5.91 Å². The highest BCUT2D eigenvalue weighted by atomic mass is 35.5. The Bertz CT molecular complexity index is 1060. The first kappa shape index (κ1) is 23.2. The van der Waals surface area contributed by atoms with Crippen molar-refractivity contribution in [3.63, 3.8) is 0 Å². The van der Waals surface area contributed by atoms with Crippen LogP contribution in [0.3, 0.4) is 0 Å². The number of nitrogens with zero attached hydrogens (tertiary/aromatic N) is 5. The molecule has 4 rings (SSSR count). The number of rotatable bonds is 7. The van der Waals surface area contributed by atoms with E-state index < -0.39 is 0 Å². The minimum absolute atomic E-state index is 0.0749. The summed E-state index contributed by atoms with van der Waals surface area (Å²) in [4.78, 5) is 22.8. The second-order valence-electron chi connectivity index (χ2n) is 8.51. The van der Waals surface area contributed by atoms with Crippen LogP contribution in [0.2, 0.25) is 5.02 Å². The number of benzene rings is 1. The number of hydrogen-bond acceptors (Lipinski definition) is 6. The molecule has 172 valence electrons. The predicted octanol–water partition coefficient (Wildman–Crippen LogP) is 4.71. The molecule has 0 saturated carbocycles.